The third-order valence-electron chi connectivity index (χ3n) is 3.19. The Morgan fingerprint density at radius 3 is 2.50 bits per heavy atom. The van der Waals surface area contributed by atoms with Crippen molar-refractivity contribution in [3.63, 3.8) is 0 Å². The fourth-order valence-electron chi connectivity index (χ4n) is 2.32. The van der Waals surface area contributed by atoms with E-state index in [2.05, 4.69) is 24.1 Å². The predicted molar refractivity (Wildman–Crippen MR) is 68.6 cm³/mol. The van der Waals surface area contributed by atoms with Crippen molar-refractivity contribution in [3.05, 3.63) is 0 Å². The normalized spacial score (nSPS) is 23.1. The largest absolute Gasteiger partial charge is 0.389 e. The minimum atomic E-state index is -0.598. The van der Waals surface area contributed by atoms with E-state index in [9.17, 15) is 5.11 Å². The molecule has 0 spiro atoms. The summed E-state index contributed by atoms with van der Waals surface area (Å²) in [4.78, 5) is 2.38. The van der Waals surface area contributed by atoms with Crippen LogP contribution < -0.4 is 5.32 Å². The van der Waals surface area contributed by atoms with E-state index in [0.717, 1.165) is 19.6 Å². The lowest BCUT2D eigenvalue weighted by atomic mass is 10.0. The van der Waals surface area contributed by atoms with Gasteiger partial charge in [0.15, 0.2) is 0 Å². The maximum absolute atomic E-state index is 9.90. The molecule has 3 nitrogen and oxygen atoms in total. The Hall–Kier alpha value is -0.120. The van der Waals surface area contributed by atoms with Gasteiger partial charge < -0.3 is 10.4 Å². The van der Waals surface area contributed by atoms with E-state index in [4.69, 9.17) is 0 Å². The maximum atomic E-state index is 9.90. The van der Waals surface area contributed by atoms with Crippen LogP contribution in [0.25, 0.3) is 0 Å². The first-order valence-corrected chi connectivity index (χ1v) is 6.58. The minimum Gasteiger partial charge on any atom is -0.389 e. The number of nitrogens with one attached hydrogen (secondary N) is 1. The first-order valence-electron chi connectivity index (χ1n) is 6.58. The van der Waals surface area contributed by atoms with Crippen molar-refractivity contribution >= 4 is 0 Å². The summed E-state index contributed by atoms with van der Waals surface area (Å²) >= 11 is 0. The number of hydrogen-bond acceptors (Lipinski definition) is 3. The molecule has 0 amide bonds. The highest BCUT2D eigenvalue weighted by Crippen LogP contribution is 2.13. The van der Waals surface area contributed by atoms with Crippen molar-refractivity contribution in [2.75, 3.05) is 19.6 Å². The molecule has 1 saturated heterocycles. The van der Waals surface area contributed by atoms with Gasteiger partial charge in [0.05, 0.1) is 5.60 Å². The van der Waals surface area contributed by atoms with Gasteiger partial charge in [0.1, 0.15) is 0 Å². The number of nitrogens with zero attached hydrogens (tertiary/aromatic N) is 1. The van der Waals surface area contributed by atoms with Gasteiger partial charge in [0, 0.05) is 25.2 Å². The second-order valence-corrected chi connectivity index (χ2v) is 5.98. The summed E-state index contributed by atoms with van der Waals surface area (Å²) in [6, 6.07) is 1.11. The Balaban J connectivity index is 2.43. The van der Waals surface area contributed by atoms with Gasteiger partial charge >= 0.3 is 0 Å². The molecule has 1 fully saturated rings. The second kappa shape index (κ2) is 5.99. The fraction of sp³-hybridized carbons (Fsp3) is 1.00. The molecule has 1 unspecified atom stereocenters. The SMILES string of the molecule is CC(C)N(CC1CCCCN1)CC(C)(C)O. The molecule has 1 aliphatic heterocycles. The molecule has 0 aromatic carbocycles. The zero-order chi connectivity index (χ0) is 12.2. The third kappa shape index (κ3) is 5.28. The molecule has 16 heavy (non-hydrogen) atoms. The van der Waals surface area contributed by atoms with Crippen molar-refractivity contribution in [3.8, 4) is 0 Å². The Morgan fingerprint density at radius 2 is 2.06 bits per heavy atom. The Labute approximate surface area is 100 Å². The van der Waals surface area contributed by atoms with Gasteiger partial charge in [-0.05, 0) is 47.1 Å². The van der Waals surface area contributed by atoms with Crippen LogP contribution in [0.1, 0.15) is 47.0 Å². The van der Waals surface area contributed by atoms with E-state index in [1.807, 2.05) is 13.8 Å². The second-order valence-electron chi connectivity index (χ2n) is 5.98. The third-order valence-corrected chi connectivity index (χ3v) is 3.19. The van der Waals surface area contributed by atoms with Crippen LogP contribution in [-0.2, 0) is 0 Å². The van der Waals surface area contributed by atoms with Crippen LogP contribution in [0.4, 0.5) is 0 Å². The van der Waals surface area contributed by atoms with E-state index < -0.39 is 5.60 Å². The zero-order valence-corrected chi connectivity index (χ0v) is 11.3. The van der Waals surface area contributed by atoms with Crippen molar-refractivity contribution in [1.29, 1.82) is 0 Å². The fourth-order valence-corrected chi connectivity index (χ4v) is 2.32. The summed E-state index contributed by atoms with van der Waals surface area (Å²) < 4.78 is 0. The van der Waals surface area contributed by atoms with Gasteiger partial charge in [0.2, 0.25) is 0 Å². The Kier molecular flexibility index (Phi) is 5.22. The highest BCUT2D eigenvalue weighted by atomic mass is 16.3. The van der Waals surface area contributed by atoms with Crippen LogP contribution in [0.15, 0.2) is 0 Å². The summed E-state index contributed by atoms with van der Waals surface area (Å²) in [5.74, 6) is 0. The summed E-state index contributed by atoms with van der Waals surface area (Å²) in [7, 11) is 0. The molecule has 1 heterocycles. The summed E-state index contributed by atoms with van der Waals surface area (Å²) in [6.45, 7) is 11.1. The van der Waals surface area contributed by atoms with Gasteiger partial charge in [-0.2, -0.15) is 0 Å². The number of aliphatic hydroxyl groups is 1. The molecule has 2 N–H and O–H groups in total. The highest BCUT2D eigenvalue weighted by Gasteiger charge is 2.23. The monoisotopic (exact) mass is 228 g/mol. The molecule has 1 rings (SSSR count). The molecule has 0 saturated carbocycles. The lowest BCUT2D eigenvalue weighted by molar-refractivity contribution is 0.0210. The van der Waals surface area contributed by atoms with Gasteiger partial charge in [-0.15, -0.1) is 0 Å². The maximum Gasteiger partial charge on any atom is 0.0718 e. The zero-order valence-electron chi connectivity index (χ0n) is 11.3. The topological polar surface area (TPSA) is 35.5 Å². The molecule has 1 atom stereocenters. The quantitative estimate of drug-likeness (QED) is 0.750. The van der Waals surface area contributed by atoms with Crippen molar-refractivity contribution in [2.24, 2.45) is 0 Å². The van der Waals surface area contributed by atoms with Crippen molar-refractivity contribution in [2.45, 2.75) is 64.6 Å². The first-order chi connectivity index (χ1) is 7.38. The number of rotatable bonds is 5. The Morgan fingerprint density at radius 1 is 1.38 bits per heavy atom. The highest BCUT2D eigenvalue weighted by molar-refractivity contribution is 4.81. The minimum absolute atomic E-state index is 0.496. The lowest BCUT2D eigenvalue weighted by Crippen LogP contribution is -2.50. The standard InChI is InChI=1S/C13H28N2O/c1-11(2)15(10-13(3,4)16)9-12-7-5-6-8-14-12/h11-12,14,16H,5-10H2,1-4H3. The van der Waals surface area contributed by atoms with E-state index in [0.29, 0.717) is 12.1 Å². The lowest BCUT2D eigenvalue weighted by Gasteiger charge is -2.36. The van der Waals surface area contributed by atoms with Crippen LogP contribution >= 0.6 is 0 Å². The molecule has 96 valence electrons. The smallest absolute Gasteiger partial charge is 0.0718 e. The van der Waals surface area contributed by atoms with Crippen LogP contribution in [0, 0.1) is 0 Å². The van der Waals surface area contributed by atoms with Crippen molar-refractivity contribution < 1.29 is 5.11 Å². The molecule has 0 radical (unpaired) electrons. The molecular formula is C13H28N2O. The van der Waals surface area contributed by atoms with Gasteiger partial charge in [0.25, 0.3) is 0 Å². The van der Waals surface area contributed by atoms with E-state index in [1.54, 1.807) is 0 Å². The van der Waals surface area contributed by atoms with Crippen LogP contribution in [0.2, 0.25) is 0 Å². The number of piperidine rings is 1. The molecule has 0 aliphatic carbocycles. The predicted octanol–water partition coefficient (Wildman–Crippen LogP) is 1.61. The molecule has 0 aromatic heterocycles. The molecule has 0 bridgehead atoms. The van der Waals surface area contributed by atoms with Crippen LogP contribution in [0.5, 0.6) is 0 Å². The summed E-state index contributed by atoms with van der Waals surface area (Å²) in [5, 5.41) is 13.5. The van der Waals surface area contributed by atoms with Crippen LogP contribution in [-0.4, -0.2) is 47.3 Å². The summed E-state index contributed by atoms with van der Waals surface area (Å²) in [6.07, 6.45) is 3.92. The van der Waals surface area contributed by atoms with Gasteiger partial charge in [-0.25, -0.2) is 0 Å². The summed E-state index contributed by atoms with van der Waals surface area (Å²) in [5.41, 5.74) is -0.598. The van der Waals surface area contributed by atoms with E-state index in [-0.39, 0.29) is 0 Å². The average molecular weight is 228 g/mol. The molecule has 1 aliphatic rings. The van der Waals surface area contributed by atoms with Crippen molar-refractivity contribution in [1.82, 2.24) is 10.2 Å². The average Bonchev–Trinajstić information content (AvgIpc) is 2.16. The van der Waals surface area contributed by atoms with E-state index >= 15 is 0 Å². The number of hydrogen-bond donors (Lipinski definition) is 2. The molecule has 0 aromatic rings. The molecule has 3 heteroatoms. The van der Waals surface area contributed by atoms with E-state index in [1.165, 1.54) is 19.3 Å². The van der Waals surface area contributed by atoms with Crippen LogP contribution in [0.3, 0.4) is 0 Å². The van der Waals surface area contributed by atoms with Gasteiger partial charge in [-0.3, -0.25) is 4.90 Å². The Bertz CT molecular complexity index is 193. The molecular weight excluding hydrogens is 200 g/mol. The van der Waals surface area contributed by atoms with Gasteiger partial charge in [-0.1, -0.05) is 6.42 Å². The first kappa shape index (κ1) is 13.9.